The fraction of sp³-hybridized carbons (Fsp3) is 0.700. The van der Waals surface area contributed by atoms with Gasteiger partial charge in [-0.1, -0.05) is 12.2 Å². The first-order valence-corrected chi connectivity index (χ1v) is 4.48. The van der Waals surface area contributed by atoms with E-state index >= 15 is 0 Å². The summed E-state index contributed by atoms with van der Waals surface area (Å²) < 4.78 is 10.8. The number of fused-ring (bicyclic) bond motifs is 2. The SMILES string of the molecule is CO[C@H]1C(=O)C(C)(C)[C@H]2C=C[C@@H]1O2. The number of rotatable bonds is 1. The number of hydrogen-bond acceptors (Lipinski definition) is 3. The number of carbonyl (C=O) groups is 1. The van der Waals surface area contributed by atoms with Crippen LogP contribution in [0.2, 0.25) is 0 Å². The molecule has 3 heteroatoms. The van der Waals surface area contributed by atoms with Crippen LogP contribution in [0.3, 0.4) is 0 Å². The molecule has 0 radical (unpaired) electrons. The molecule has 1 fully saturated rings. The van der Waals surface area contributed by atoms with Crippen molar-refractivity contribution in [1.82, 2.24) is 0 Å². The number of ether oxygens (including phenoxy) is 2. The van der Waals surface area contributed by atoms with E-state index in [0.717, 1.165) is 0 Å². The molecule has 0 saturated carbocycles. The predicted molar refractivity (Wildman–Crippen MR) is 47.4 cm³/mol. The highest BCUT2D eigenvalue weighted by Crippen LogP contribution is 2.38. The first kappa shape index (κ1) is 8.91. The summed E-state index contributed by atoms with van der Waals surface area (Å²) in [7, 11) is 1.55. The van der Waals surface area contributed by atoms with Crippen molar-refractivity contribution in [3.63, 3.8) is 0 Å². The van der Waals surface area contributed by atoms with Crippen molar-refractivity contribution in [2.75, 3.05) is 7.11 Å². The van der Waals surface area contributed by atoms with Crippen molar-refractivity contribution in [2.24, 2.45) is 5.41 Å². The second-order valence-corrected chi connectivity index (χ2v) is 4.15. The van der Waals surface area contributed by atoms with Crippen molar-refractivity contribution >= 4 is 5.78 Å². The Balaban J connectivity index is 2.35. The Morgan fingerprint density at radius 2 is 2.15 bits per heavy atom. The van der Waals surface area contributed by atoms with Crippen LogP contribution < -0.4 is 0 Å². The van der Waals surface area contributed by atoms with Crippen molar-refractivity contribution in [3.05, 3.63) is 12.2 Å². The molecule has 3 atom stereocenters. The molecular formula is C10H14O3. The maximum absolute atomic E-state index is 11.9. The first-order chi connectivity index (χ1) is 6.07. The van der Waals surface area contributed by atoms with E-state index in [-0.39, 0.29) is 18.0 Å². The highest BCUT2D eigenvalue weighted by atomic mass is 16.6. The molecule has 2 heterocycles. The third-order valence-corrected chi connectivity index (χ3v) is 2.94. The van der Waals surface area contributed by atoms with E-state index in [1.54, 1.807) is 7.11 Å². The maximum Gasteiger partial charge on any atom is 0.173 e. The van der Waals surface area contributed by atoms with Gasteiger partial charge in [0.15, 0.2) is 5.78 Å². The third kappa shape index (κ3) is 1.07. The number of Topliss-reactive ketones (excluding diaryl/α,β-unsaturated/α-hetero) is 1. The van der Waals surface area contributed by atoms with Crippen LogP contribution >= 0.6 is 0 Å². The fourth-order valence-corrected chi connectivity index (χ4v) is 1.95. The van der Waals surface area contributed by atoms with E-state index in [1.807, 2.05) is 26.0 Å². The highest BCUT2D eigenvalue weighted by Gasteiger charge is 2.51. The topological polar surface area (TPSA) is 35.5 Å². The number of hydrogen-bond donors (Lipinski definition) is 0. The zero-order valence-corrected chi connectivity index (χ0v) is 8.11. The molecule has 13 heavy (non-hydrogen) atoms. The van der Waals surface area contributed by atoms with Crippen molar-refractivity contribution in [3.8, 4) is 0 Å². The van der Waals surface area contributed by atoms with Crippen LogP contribution in [0.5, 0.6) is 0 Å². The van der Waals surface area contributed by atoms with Gasteiger partial charge in [-0.05, 0) is 13.8 Å². The lowest BCUT2D eigenvalue weighted by atomic mass is 9.78. The van der Waals surface area contributed by atoms with Crippen LogP contribution in [0.15, 0.2) is 12.2 Å². The lowest BCUT2D eigenvalue weighted by Gasteiger charge is -2.38. The molecule has 0 aromatic heterocycles. The Kier molecular flexibility index (Phi) is 1.82. The molecule has 0 unspecified atom stereocenters. The average molecular weight is 182 g/mol. The molecule has 72 valence electrons. The molecule has 2 bridgehead atoms. The number of ketones is 1. The second-order valence-electron chi connectivity index (χ2n) is 4.15. The number of methoxy groups -OCH3 is 1. The average Bonchev–Trinajstić information content (AvgIpc) is 2.51. The quantitative estimate of drug-likeness (QED) is 0.566. The zero-order chi connectivity index (χ0) is 9.64. The van der Waals surface area contributed by atoms with Gasteiger partial charge in [-0.3, -0.25) is 4.79 Å². The predicted octanol–water partition coefficient (Wildman–Crippen LogP) is 0.934. The molecule has 0 aromatic rings. The fourth-order valence-electron chi connectivity index (χ4n) is 1.95. The Labute approximate surface area is 77.7 Å². The molecule has 0 aromatic carbocycles. The standard InChI is InChI=1S/C10H14O3/c1-10(2)7-5-4-6(13-7)8(12-3)9(10)11/h4-8H,1-3H3/t6-,7+,8+/m0/s1. The summed E-state index contributed by atoms with van der Waals surface area (Å²) in [5, 5.41) is 0. The number of carbonyl (C=O) groups excluding carboxylic acids is 1. The summed E-state index contributed by atoms with van der Waals surface area (Å²) in [6, 6.07) is 0. The lowest BCUT2D eigenvalue weighted by molar-refractivity contribution is -0.169. The van der Waals surface area contributed by atoms with Crippen molar-refractivity contribution in [2.45, 2.75) is 32.2 Å². The smallest absolute Gasteiger partial charge is 0.173 e. The molecule has 1 saturated heterocycles. The van der Waals surface area contributed by atoms with E-state index in [0.29, 0.717) is 0 Å². The van der Waals surface area contributed by atoms with Gasteiger partial charge >= 0.3 is 0 Å². The van der Waals surface area contributed by atoms with Gasteiger partial charge in [0.2, 0.25) is 0 Å². The normalized spacial score (nSPS) is 41.2. The molecule has 2 aliphatic heterocycles. The van der Waals surface area contributed by atoms with Crippen LogP contribution in [0.25, 0.3) is 0 Å². The Morgan fingerprint density at radius 3 is 2.77 bits per heavy atom. The van der Waals surface area contributed by atoms with Crippen LogP contribution in [0, 0.1) is 5.41 Å². The Morgan fingerprint density at radius 1 is 1.46 bits per heavy atom. The monoisotopic (exact) mass is 182 g/mol. The van der Waals surface area contributed by atoms with Gasteiger partial charge in [0.05, 0.1) is 11.5 Å². The van der Waals surface area contributed by atoms with Crippen molar-refractivity contribution < 1.29 is 14.3 Å². The Hall–Kier alpha value is -0.670. The highest BCUT2D eigenvalue weighted by molar-refractivity contribution is 5.91. The summed E-state index contributed by atoms with van der Waals surface area (Å²) in [5.74, 6) is 0.140. The lowest BCUT2D eigenvalue weighted by Crippen LogP contribution is -2.53. The van der Waals surface area contributed by atoms with E-state index < -0.39 is 11.5 Å². The molecule has 0 N–H and O–H groups in total. The summed E-state index contributed by atoms with van der Waals surface area (Å²) in [6.07, 6.45) is 3.21. The molecule has 2 rings (SSSR count). The van der Waals surface area contributed by atoms with Crippen LogP contribution in [0.1, 0.15) is 13.8 Å². The van der Waals surface area contributed by atoms with E-state index in [1.165, 1.54) is 0 Å². The molecular weight excluding hydrogens is 168 g/mol. The van der Waals surface area contributed by atoms with Gasteiger partial charge < -0.3 is 9.47 Å². The van der Waals surface area contributed by atoms with Crippen LogP contribution in [0.4, 0.5) is 0 Å². The minimum absolute atomic E-state index is 0.0728. The summed E-state index contributed by atoms with van der Waals surface area (Å²) in [4.78, 5) is 11.9. The second kappa shape index (κ2) is 2.66. The summed E-state index contributed by atoms with van der Waals surface area (Å²) in [6.45, 7) is 3.80. The summed E-state index contributed by atoms with van der Waals surface area (Å²) in [5.41, 5.74) is -0.454. The maximum atomic E-state index is 11.9. The first-order valence-electron chi connectivity index (χ1n) is 4.48. The van der Waals surface area contributed by atoms with Crippen molar-refractivity contribution in [1.29, 1.82) is 0 Å². The Bertz CT molecular complexity index is 267. The van der Waals surface area contributed by atoms with Crippen LogP contribution in [-0.2, 0) is 14.3 Å². The van der Waals surface area contributed by atoms with Gasteiger partial charge in [-0.2, -0.15) is 0 Å². The summed E-state index contributed by atoms with van der Waals surface area (Å²) >= 11 is 0. The molecule has 0 amide bonds. The molecule has 2 aliphatic rings. The van der Waals surface area contributed by atoms with E-state index in [9.17, 15) is 4.79 Å². The molecule has 0 aliphatic carbocycles. The van der Waals surface area contributed by atoms with Gasteiger partial charge in [0.25, 0.3) is 0 Å². The molecule has 0 spiro atoms. The van der Waals surface area contributed by atoms with Gasteiger partial charge in [0, 0.05) is 7.11 Å². The van der Waals surface area contributed by atoms with Gasteiger partial charge in [-0.25, -0.2) is 0 Å². The van der Waals surface area contributed by atoms with Gasteiger partial charge in [-0.15, -0.1) is 0 Å². The zero-order valence-electron chi connectivity index (χ0n) is 8.11. The largest absolute Gasteiger partial charge is 0.371 e. The van der Waals surface area contributed by atoms with Gasteiger partial charge in [0.1, 0.15) is 12.2 Å². The molecule has 3 nitrogen and oxygen atoms in total. The minimum atomic E-state index is -0.454. The third-order valence-electron chi connectivity index (χ3n) is 2.94. The van der Waals surface area contributed by atoms with Crippen LogP contribution in [-0.4, -0.2) is 31.2 Å². The van der Waals surface area contributed by atoms with E-state index in [2.05, 4.69) is 0 Å². The van der Waals surface area contributed by atoms with E-state index in [4.69, 9.17) is 9.47 Å². The minimum Gasteiger partial charge on any atom is -0.371 e.